The molecule has 4 rings (SSSR count). The van der Waals surface area contributed by atoms with Crippen LogP contribution in [0.1, 0.15) is 53.4 Å². The maximum absolute atomic E-state index is 12.7. The molecule has 0 N–H and O–H groups in total. The standard InChI is InChI=1S/C22H34O4Si/c1-8-9-12-21(5)22-17-14(18(22)19(23)25-21)10-11-16(15(17)13-24-22)26-27(6,7)20(2,3)4/h1,14-18H,9-13H2,2-7H3/t14?,15?,16-,17?,18+,21-,22-/m1/s1. The molecule has 2 aliphatic carbocycles. The Morgan fingerprint density at radius 3 is 2.63 bits per heavy atom. The van der Waals surface area contributed by atoms with Crippen molar-refractivity contribution in [2.24, 2.45) is 23.7 Å². The zero-order valence-electron chi connectivity index (χ0n) is 17.6. The molecule has 7 atom stereocenters. The van der Waals surface area contributed by atoms with E-state index in [0.717, 1.165) is 12.8 Å². The summed E-state index contributed by atoms with van der Waals surface area (Å²) in [6.07, 6.45) is 9.10. The van der Waals surface area contributed by atoms with Crippen molar-refractivity contribution in [2.75, 3.05) is 6.61 Å². The van der Waals surface area contributed by atoms with Crippen molar-refractivity contribution in [1.29, 1.82) is 0 Å². The van der Waals surface area contributed by atoms with Crippen LogP contribution in [0, 0.1) is 36.0 Å². The van der Waals surface area contributed by atoms with Crippen LogP contribution in [0.5, 0.6) is 0 Å². The summed E-state index contributed by atoms with van der Waals surface area (Å²) in [4.78, 5) is 12.7. The van der Waals surface area contributed by atoms with Crippen LogP contribution in [-0.4, -0.2) is 38.2 Å². The van der Waals surface area contributed by atoms with E-state index < -0.39 is 19.5 Å². The number of ether oxygens (including phenoxy) is 2. The highest BCUT2D eigenvalue weighted by atomic mass is 28.4. The Morgan fingerprint density at radius 1 is 1.30 bits per heavy atom. The lowest BCUT2D eigenvalue weighted by atomic mass is 9.44. The van der Waals surface area contributed by atoms with Gasteiger partial charge in [-0.15, -0.1) is 12.3 Å². The van der Waals surface area contributed by atoms with Gasteiger partial charge in [-0.25, -0.2) is 0 Å². The minimum atomic E-state index is -1.85. The first-order chi connectivity index (χ1) is 12.5. The van der Waals surface area contributed by atoms with Crippen molar-refractivity contribution >= 4 is 14.3 Å². The third kappa shape index (κ3) is 2.39. The van der Waals surface area contributed by atoms with E-state index in [1.54, 1.807) is 0 Å². The third-order valence-electron chi connectivity index (χ3n) is 8.49. The molecule has 150 valence electrons. The molecule has 0 bridgehead atoms. The molecule has 0 aromatic heterocycles. The number of hydrogen-bond acceptors (Lipinski definition) is 4. The molecule has 5 heteroatoms. The summed E-state index contributed by atoms with van der Waals surface area (Å²) in [7, 11) is -1.85. The summed E-state index contributed by atoms with van der Waals surface area (Å²) in [6.45, 7) is 14.2. The molecule has 0 aromatic carbocycles. The van der Waals surface area contributed by atoms with Crippen molar-refractivity contribution in [3.05, 3.63) is 0 Å². The molecule has 0 amide bonds. The van der Waals surface area contributed by atoms with E-state index >= 15 is 0 Å². The van der Waals surface area contributed by atoms with Gasteiger partial charge >= 0.3 is 5.97 Å². The zero-order valence-corrected chi connectivity index (χ0v) is 18.6. The Balaban J connectivity index is 1.61. The number of rotatable bonds is 4. The summed E-state index contributed by atoms with van der Waals surface area (Å²) in [5.41, 5.74) is -1.08. The maximum atomic E-state index is 12.7. The average Bonchev–Trinajstić information content (AvgIpc) is 2.98. The molecule has 0 radical (unpaired) electrons. The molecule has 4 fully saturated rings. The minimum absolute atomic E-state index is 0.0693. The predicted octanol–water partition coefficient (Wildman–Crippen LogP) is 4.15. The van der Waals surface area contributed by atoms with E-state index in [0.29, 0.717) is 37.2 Å². The van der Waals surface area contributed by atoms with Crippen molar-refractivity contribution in [2.45, 2.75) is 88.8 Å². The Bertz CT molecular complexity index is 689. The van der Waals surface area contributed by atoms with E-state index in [9.17, 15) is 4.79 Å². The highest BCUT2D eigenvalue weighted by molar-refractivity contribution is 6.74. The highest BCUT2D eigenvalue weighted by Crippen LogP contribution is 2.72. The zero-order chi connectivity index (χ0) is 19.8. The van der Waals surface area contributed by atoms with Crippen molar-refractivity contribution in [3.8, 4) is 12.3 Å². The normalized spacial score (nSPS) is 45.5. The van der Waals surface area contributed by atoms with E-state index in [2.05, 4.69) is 39.8 Å². The lowest BCUT2D eigenvalue weighted by Gasteiger charge is -2.60. The lowest BCUT2D eigenvalue weighted by Crippen LogP contribution is -2.71. The van der Waals surface area contributed by atoms with Gasteiger partial charge in [-0.3, -0.25) is 4.79 Å². The van der Waals surface area contributed by atoms with Crippen LogP contribution in [0.4, 0.5) is 0 Å². The first-order valence-electron chi connectivity index (χ1n) is 10.5. The van der Waals surface area contributed by atoms with Crippen LogP contribution in [0.2, 0.25) is 18.1 Å². The molecule has 2 saturated carbocycles. The lowest BCUT2D eigenvalue weighted by molar-refractivity contribution is -0.223. The molecule has 4 nitrogen and oxygen atoms in total. The van der Waals surface area contributed by atoms with Gasteiger partial charge in [0.2, 0.25) is 0 Å². The Kier molecular flexibility index (Phi) is 4.21. The van der Waals surface area contributed by atoms with Gasteiger partial charge in [0.1, 0.15) is 11.2 Å². The first kappa shape index (κ1) is 19.5. The number of esters is 1. The van der Waals surface area contributed by atoms with Gasteiger partial charge in [-0.2, -0.15) is 0 Å². The molecule has 4 aliphatic rings. The largest absolute Gasteiger partial charge is 0.456 e. The number of carbonyl (C=O) groups excluding carboxylic acids is 1. The molecular weight excluding hydrogens is 356 g/mol. The Hall–Kier alpha value is -0.833. The minimum Gasteiger partial charge on any atom is -0.456 e. The second-order valence-corrected chi connectivity index (χ2v) is 15.5. The van der Waals surface area contributed by atoms with Gasteiger partial charge in [0.05, 0.1) is 18.6 Å². The molecule has 3 unspecified atom stereocenters. The van der Waals surface area contributed by atoms with Crippen molar-refractivity contribution in [1.82, 2.24) is 0 Å². The fraction of sp³-hybridized carbons (Fsp3) is 0.864. The summed E-state index contributed by atoms with van der Waals surface area (Å²) in [6, 6.07) is 0. The van der Waals surface area contributed by atoms with E-state index in [1.807, 2.05) is 6.92 Å². The highest BCUT2D eigenvalue weighted by Gasteiger charge is 2.83. The molecule has 2 aliphatic heterocycles. The number of hydrogen-bond donors (Lipinski definition) is 0. The van der Waals surface area contributed by atoms with E-state index in [-0.39, 0.29) is 23.0 Å². The van der Waals surface area contributed by atoms with Crippen LogP contribution in [0.3, 0.4) is 0 Å². The Morgan fingerprint density at radius 2 is 2.00 bits per heavy atom. The van der Waals surface area contributed by atoms with Gasteiger partial charge in [-0.05, 0) is 43.8 Å². The Labute approximate surface area is 164 Å². The fourth-order valence-electron chi connectivity index (χ4n) is 6.16. The maximum Gasteiger partial charge on any atom is 0.312 e. The quantitative estimate of drug-likeness (QED) is 0.411. The average molecular weight is 391 g/mol. The molecule has 0 aromatic rings. The second kappa shape index (κ2) is 5.84. The summed E-state index contributed by atoms with van der Waals surface area (Å²) < 4.78 is 19.3. The first-order valence-corrected chi connectivity index (χ1v) is 13.4. The van der Waals surface area contributed by atoms with Crippen LogP contribution in [0.25, 0.3) is 0 Å². The van der Waals surface area contributed by atoms with Gasteiger partial charge < -0.3 is 13.9 Å². The molecule has 1 spiro atoms. The molecule has 27 heavy (non-hydrogen) atoms. The SMILES string of the molecule is C#CCC[C@@]1(C)OC(=O)[C@@H]2C3CC[C@@H](O[Si](C)(C)C(C)(C)C)C4CO[C@]21C34. The number of fused-ring (bicyclic) bond motifs is 1. The number of carbonyl (C=O) groups is 1. The van der Waals surface area contributed by atoms with E-state index in [1.165, 1.54) is 0 Å². The van der Waals surface area contributed by atoms with Gasteiger partial charge in [0, 0.05) is 24.7 Å². The predicted molar refractivity (Wildman–Crippen MR) is 107 cm³/mol. The number of terminal acetylenes is 1. The monoisotopic (exact) mass is 390 g/mol. The smallest absolute Gasteiger partial charge is 0.312 e. The second-order valence-electron chi connectivity index (χ2n) is 10.8. The molecular formula is C22H34O4Si. The van der Waals surface area contributed by atoms with Gasteiger partial charge in [-0.1, -0.05) is 20.8 Å². The van der Waals surface area contributed by atoms with Crippen LogP contribution >= 0.6 is 0 Å². The van der Waals surface area contributed by atoms with Crippen molar-refractivity contribution < 1.29 is 18.7 Å². The summed E-state index contributed by atoms with van der Waals surface area (Å²) in [5, 5.41) is 0.191. The van der Waals surface area contributed by atoms with Crippen LogP contribution in [-0.2, 0) is 18.7 Å². The summed E-state index contributed by atoms with van der Waals surface area (Å²) in [5.74, 6) is 3.65. The van der Waals surface area contributed by atoms with Gasteiger partial charge in [0.25, 0.3) is 0 Å². The summed E-state index contributed by atoms with van der Waals surface area (Å²) >= 11 is 0. The topological polar surface area (TPSA) is 44.8 Å². The molecule has 2 heterocycles. The van der Waals surface area contributed by atoms with Gasteiger partial charge in [0.15, 0.2) is 8.32 Å². The van der Waals surface area contributed by atoms with Crippen LogP contribution in [0.15, 0.2) is 0 Å². The van der Waals surface area contributed by atoms with E-state index in [4.69, 9.17) is 20.3 Å². The van der Waals surface area contributed by atoms with Crippen molar-refractivity contribution in [3.63, 3.8) is 0 Å². The number of cyclic esters (lactones) is 1. The third-order valence-corrected chi connectivity index (χ3v) is 13.0. The molecule has 2 saturated heterocycles. The fourth-order valence-corrected chi connectivity index (χ4v) is 7.56. The van der Waals surface area contributed by atoms with Crippen LogP contribution < -0.4 is 0 Å².